The summed E-state index contributed by atoms with van der Waals surface area (Å²) in [6.45, 7) is 0.518. The van der Waals surface area contributed by atoms with Gasteiger partial charge in [-0.25, -0.2) is 0 Å². The number of rotatable bonds is 3. The first-order chi connectivity index (χ1) is 9.16. The van der Waals surface area contributed by atoms with Gasteiger partial charge in [-0.1, -0.05) is 30.0 Å². The van der Waals surface area contributed by atoms with Crippen LogP contribution in [0.4, 0.5) is 4.79 Å². The van der Waals surface area contributed by atoms with Gasteiger partial charge in [-0.05, 0) is 12.1 Å². The maximum atomic E-state index is 11.6. The molecule has 0 bridgehead atoms. The SMILES string of the molecule is O=C(CN1CCSC1=O)NNC(=O)c1ccccc1. The molecule has 7 heteroatoms. The molecule has 0 saturated carbocycles. The number of hydrogen-bond donors (Lipinski definition) is 2. The lowest BCUT2D eigenvalue weighted by Gasteiger charge is -2.14. The third kappa shape index (κ3) is 3.72. The van der Waals surface area contributed by atoms with Crippen LogP contribution in [-0.2, 0) is 4.79 Å². The van der Waals surface area contributed by atoms with Crippen molar-refractivity contribution in [1.82, 2.24) is 15.8 Å². The minimum atomic E-state index is -0.417. The largest absolute Gasteiger partial charge is 0.323 e. The third-order valence-electron chi connectivity index (χ3n) is 2.53. The van der Waals surface area contributed by atoms with Crippen LogP contribution in [-0.4, -0.2) is 40.8 Å². The highest BCUT2D eigenvalue weighted by Crippen LogP contribution is 2.16. The summed E-state index contributed by atoms with van der Waals surface area (Å²) in [4.78, 5) is 35.9. The molecule has 0 atom stereocenters. The molecule has 0 aliphatic carbocycles. The first-order valence-electron chi connectivity index (χ1n) is 5.73. The van der Waals surface area contributed by atoms with Crippen LogP contribution in [0.15, 0.2) is 30.3 Å². The number of amides is 3. The lowest BCUT2D eigenvalue weighted by Crippen LogP contribution is -2.46. The molecule has 1 heterocycles. The van der Waals surface area contributed by atoms with Crippen molar-refractivity contribution >= 4 is 28.8 Å². The number of hydrogen-bond acceptors (Lipinski definition) is 4. The van der Waals surface area contributed by atoms with E-state index in [1.165, 1.54) is 16.7 Å². The highest BCUT2D eigenvalue weighted by atomic mass is 32.2. The molecule has 19 heavy (non-hydrogen) atoms. The van der Waals surface area contributed by atoms with Crippen LogP contribution in [0.2, 0.25) is 0 Å². The van der Waals surface area contributed by atoms with Crippen molar-refractivity contribution in [2.75, 3.05) is 18.8 Å². The van der Waals surface area contributed by atoms with Gasteiger partial charge in [0.15, 0.2) is 0 Å². The Morgan fingerprint density at radius 3 is 2.58 bits per heavy atom. The highest BCUT2D eigenvalue weighted by molar-refractivity contribution is 8.13. The number of carbonyl (C=O) groups excluding carboxylic acids is 3. The van der Waals surface area contributed by atoms with Gasteiger partial charge in [0.2, 0.25) is 0 Å². The summed E-state index contributed by atoms with van der Waals surface area (Å²) in [6.07, 6.45) is 0. The zero-order valence-corrected chi connectivity index (χ0v) is 10.9. The molecular formula is C12H13N3O3S. The molecule has 1 aliphatic rings. The van der Waals surface area contributed by atoms with E-state index in [1.54, 1.807) is 30.3 Å². The molecule has 0 aromatic heterocycles. The van der Waals surface area contributed by atoms with Crippen molar-refractivity contribution in [2.45, 2.75) is 0 Å². The van der Waals surface area contributed by atoms with E-state index in [1.807, 2.05) is 0 Å². The van der Waals surface area contributed by atoms with Gasteiger partial charge < -0.3 is 4.90 Å². The Balaban J connectivity index is 1.77. The molecule has 0 unspecified atom stereocenters. The van der Waals surface area contributed by atoms with E-state index in [9.17, 15) is 14.4 Å². The molecule has 6 nitrogen and oxygen atoms in total. The lowest BCUT2D eigenvalue weighted by atomic mass is 10.2. The van der Waals surface area contributed by atoms with Crippen molar-refractivity contribution in [2.24, 2.45) is 0 Å². The van der Waals surface area contributed by atoms with Gasteiger partial charge in [0, 0.05) is 17.9 Å². The van der Waals surface area contributed by atoms with Crippen LogP contribution in [0.25, 0.3) is 0 Å². The molecule has 100 valence electrons. The van der Waals surface area contributed by atoms with Gasteiger partial charge in [-0.15, -0.1) is 0 Å². The Bertz CT molecular complexity index is 492. The minimum Gasteiger partial charge on any atom is -0.323 e. The first-order valence-corrected chi connectivity index (χ1v) is 6.71. The van der Waals surface area contributed by atoms with Crippen molar-refractivity contribution in [3.63, 3.8) is 0 Å². The summed E-state index contributed by atoms with van der Waals surface area (Å²) in [6, 6.07) is 8.55. The Hall–Kier alpha value is -2.02. The van der Waals surface area contributed by atoms with E-state index in [0.29, 0.717) is 17.9 Å². The van der Waals surface area contributed by atoms with Gasteiger partial charge in [-0.3, -0.25) is 25.2 Å². The zero-order valence-electron chi connectivity index (χ0n) is 10.1. The van der Waals surface area contributed by atoms with Crippen LogP contribution < -0.4 is 10.9 Å². The van der Waals surface area contributed by atoms with E-state index in [-0.39, 0.29) is 11.8 Å². The first kappa shape index (κ1) is 13.4. The second-order valence-corrected chi connectivity index (χ2v) is 4.95. The number of benzene rings is 1. The van der Waals surface area contributed by atoms with E-state index < -0.39 is 11.8 Å². The van der Waals surface area contributed by atoms with Crippen molar-refractivity contribution in [3.05, 3.63) is 35.9 Å². The smallest absolute Gasteiger partial charge is 0.282 e. The summed E-state index contributed by atoms with van der Waals surface area (Å²) in [5.41, 5.74) is 5.05. The summed E-state index contributed by atoms with van der Waals surface area (Å²) in [5.74, 6) is -0.112. The molecule has 2 rings (SSSR count). The molecule has 0 radical (unpaired) electrons. The molecule has 1 fully saturated rings. The fourth-order valence-corrected chi connectivity index (χ4v) is 2.40. The predicted molar refractivity (Wildman–Crippen MR) is 71.5 cm³/mol. The van der Waals surface area contributed by atoms with Crippen molar-refractivity contribution in [3.8, 4) is 0 Å². The van der Waals surface area contributed by atoms with Crippen LogP contribution in [0.3, 0.4) is 0 Å². The van der Waals surface area contributed by atoms with Gasteiger partial charge in [0.25, 0.3) is 17.1 Å². The molecular weight excluding hydrogens is 266 g/mol. The summed E-state index contributed by atoms with van der Waals surface area (Å²) in [7, 11) is 0. The normalized spacial score (nSPS) is 14.3. The van der Waals surface area contributed by atoms with E-state index >= 15 is 0 Å². The van der Waals surface area contributed by atoms with Crippen LogP contribution >= 0.6 is 11.8 Å². The Morgan fingerprint density at radius 1 is 1.21 bits per heavy atom. The standard InChI is InChI=1S/C12H13N3O3S/c16-10(8-15-6-7-19-12(15)18)13-14-11(17)9-4-2-1-3-5-9/h1-5H,6-8H2,(H,13,16)(H,14,17). The average Bonchev–Trinajstić information content (AvgIpc) is 2.82. The molecule has 3 amide bonds. The maximum absolute atomic E-state index is 11.6. The lowest BCUT2D eigenvalue weighted by molar-refractivity contribution is -0.122. The number of nitrogens with one attached hydrogen (secondary N) is 2. The average molecular weight is 279 g/mol. The van der Waals surface area contributed by atoms with E-state index in [0.717, 1.165) is 0 Å². The van der Waals surface area contributed by atoms with Crippen molar-refractivity contribution in [1.29, 1.82) is 0 Å². The van der Waals surface area contributed by atoms with Crippen LogP contribution in [0.1, 0.15) is 10.4 Å². The molecule has 1 aromatic rings. The van der Waals surface area contributed by atoms with Gasteiger partial charge in [0.05, 0.1) is 0 Å². The van der Waals surface area contributed by atoms with Gasteiger partial charge >= 0.3 is 0 Å². The molecule has 1 saturated heterocycles. The highest BCUT2D eigenvalue weighted by Gasteiger charge is 2.23. The van der Waals surface area contributed by atoms with Crippen LogP contribution in [0.5, 0.6) is 0 Å². The number of carbonyl (C=O) groups is 3. The van der Waals surface area contributed by atoms with Gasteiger partial charge in [0.1, 0.15) is 6.54 Å². The predicted octanol–water partition coefficient (Wildman–Crippen LogP) is 0.616. The molecule has 1 aliphatic heterocycles. The van der Waals surface area contributed by atoms with Gasteiger partial charge in [-0.2, -0.15) is 0 Å². The second-order valence-electron chi connectivity index (χ2n) is 3.90. The number of hydrazine groups is 1. The van der Waals surface area contributed by atoms with Crippen LogP contribution in [0, 0.1) is 0 Å². The number of nitrogens with zero attached hydrogens (tertiary/aromatic N) is 1. The monoisotopic (exact) mass is 279 g/mol. The Morgan fingerprint density at radius 2 is 1.95 bits per heavy atom. The molecule has 0 spiro atoms. The quantitative estimate of drug-likeness (QED) is 0.795. The Kier molecular flexibility index (Phi) is 4.40. The topological polar surface area (TPSA) is 78.5 Å². The third-order valence-corrected chi connectivity index (χ3v) is 3.42. The van der Waals surface area contributed by atoms with Crippen molar-refractivity contribution < 1.29 is 14.4 Å². The summed E-state index contributed by atoms with van der Waals surface area (Å²) >= 11 is 1.19. The minimum absolute atomic E-state index is 0.0408. The summed E-state index contributed by atoms with van der Waals surface area (Å²) < 4.78 is 0. The van der Waals surface area contributed by atoms with E-state index in [2.05, 4.69) is 10.9 Å². The Labute approximate surface area is 114 Å². The van der Waals surface area contributed by atoms with E-state index in [4.69, 9.17) is 0 Å². The maximum Gasteiger partial charge on any atom is 0.282 e. The number of thioether (sulfide) groups is 1. The molecule has 2 N–H and O–H groups in total. The fraction of sp³-hybridized carbons (Fsp3) is 0.250. The summed E-state index contributed by atoms with van der Waals surface area (Å²) in [5, 5.41) is -0.107. The molecule has 1 aromatic carbocycles. The second kappa shape index (κ2) is 6.24. The fourth-order valence-electron chi connectivity index (χ4n) is 1.57. The zero-order chi connectivity index (χ0) is 13.7.